The molecule has 1 aliphatic rings. The first-order chi connectivity index (χ1) is 8.79. The summed E-state index contributed by atoms with van der Waals surface area (Å²) < 4.78 is 5.09. The lowest BCUT2D eigenvalue weighted by molar-refractivity contribution is -0.116. The van der Waals surface area contributed by atoms with Gasteiger partial charge in [0.15, 0.2) is 0 Å². The first kappa shape index (κ1) is 12.8. The van der Waals surface area contributed by atoms with Gasteiger partial charge in [0, 0.05) is 12.6 Å². The van der Waals surface area contributed by atoms with Gasteiger partial charge >= 0.3 is 0 Å². The molecular weight excluding hydrogens is 230 g/mol. The Morgan fingerprint density at radius 3 is 3.28 bits per heavy atom. The summed E-state index contributed by atoms with van der Waals surface area (Å²) >= 11 is 0. The summed E-state index contributed by atoms with van der Waals surface area (Å²) in [6.45, 7) is 2.10. The van der Waals surface area contributed by atoms with E-state index in [1.807, 2.05) is 0 Å². The van der Waals surface area contributed by atoms with Crippen LogP contribution in [0.2, 0.25) is 0 Å². The van der Waals surface area contributed by atoms with Crippen molar-refractivity contribution in [3.8, 4) is 5.88 Å². The number of hydrogen-bond acceptors (Lipinski definition) is 4. The van der Waals surface area contributed by atoms with Crippen LogP contribution in [0.25, 0.3) is 0 Å². The Bertz CT molecular complexity index is 403. The number of pyridine rings is 1. The smallest absolute Gasteiger partial charge is 0.237 e. The van der Waals surface area contributed by atoms with Gasteiger partial charge in [-0.15, -0.1) is 0 Å². The van der Waals surface area contributed by atoms with E-state index in [-0.39, 0.29) is 5.91 Å². The van der Waals surface area contributed by atoms with Crippen LogP contribution in [-0.2, 0) is 4.79 Å². The second kappa shape index (κ2) is 6.35. The van der Waals surface area contributed by atoms with Crippen molar-refractivity contribution in [3.05, 3.63) is 18.3 Å². The fraction of sp³-hybridized carbons (Fsp3) is 0.538. The number of hydrogen-bond donors (Lipinski definition) is 2. The highest BCUT2D eigenvalue weighted by Gasteiger charge is 2.16. The molecule has 1 atom stereocenters. The molecule has 2 rings (SSSR count). The monoisotopic (exact) mass is 249 g/mol. The fourth-order valence-corrected chi connectivity index (χ4v) is 2.16. The van der Waals surface area contributed by atoms with Gasteiger partial charge in [-0.25, -0.2) is 4.98 Å². The lowest BCUT2D eigenvalue weighted by Gasteiger charge is -2.10. The Morgan fingerprint density at radius 2 is 2.56 bits per heavy atom. The molecular formula is C13H19N3O2. The lowest BCUT2D eigenvalue weighted by Crippen LogP contribution is -2.15. The number of amides is 1. The van der Waals surface area contributed by atoms with Crippen molar-refractivity contribution >= 4 is 11.6 Å². The number of nitrogens with one attached hydrogen (secondary N) is 2. The highest BCUT2D eigenvalue weighted by molar-refractivity contribution is 5.91. The molecule has 0 spiro atoms. The molecule has 2 heterocycles. The van der Waals surface area contributed by atoms with Crippen molar-refractivity contribution in [1.29, 1.82) is 0 Å². The lowest BCUT2D eigenvalue weighted by atomic mass is 10.0. The Hall–Kier alpha value is -1.62. The van der Waals surface area contributed by atoms with Gasteiger partial charge in [-0.1, -0.05) is 0 Å². The second-order valence-electron chi connectivity index (χ2n) is 4.51. The van der Waals surface area contributed by atoms with E-state index in [2.05, 4.69) is 15.6 Å². The maximum absolute atomic E-state index is 11.8. The van der Waals surface area contributed by atoms with Crippen molar-refractivity contribution in [1.82, 2.24) is 10.3 Å². The van der Waals surface area contributed by atoms with E-state index >= 15 is 0 Å². The SMILES string of the molecule is COc1ncccc1NC(=O)CCC1CCNC1. The normalized spacial score (nSPS) is 18.6. The van der Waals surface area contributed by atoms with Crippen molar-refractivity contribution in [2.24, 2.45) is 5.92 Å². The number of methoxy groups -OCH3 is 1. The third-order valence-corrected chi connectivity index (χ3v) is 3.18. The predicted molar refractivity (Wildman–Crippen MR) is 69.6 cm³/mol. The van der Waals surface area contributed by atoms with E-state index in [9.17, 15) is 4.79 Å². The summed E-state index contributed by atoms with van der Waals surface area (Å²) in [5.74, 6) is 1.10. The summed E-state index contributed by atoms with van der Waals surface area (Å²) in [5, 5.41) is 6.14. The van der Waals surface area contributed by atoms with E-state index in [1.165, 1.54) is 6.42 Å². The van der Waals surface area contributed by atoms with Gasteiger partial charge in [0.2, 0.25) is 11.8 Å². The highest BCUT2D eigenvalue weighted by atomic mass is 16.5. The van der Waals surface area contributed by atoms with E-state index in [1.54, 1.807) is 25.4 Å². The van der Waals surface area contributed by atoms with Gasteiger partial charge in [-0.3, -0.25) is 4.79 Å². The molecule has 1 fully saturated rings. The van der Waals surface area contributed by atoms with Gasteiger partial charge in [0.05, 0.1) is 7.11 Å². The molecule has 98 valence electrons. The molecule has 1 unspecified atom stereocenters. The molecule has 0 radical (unpaired) electrons. The van der Waals surface area contributed by atoms with Gasteiger partial charge in [0.25, 0.3) is 0 Å². The molecule has 5 heteroatoms. The Labute approximate surface area is 107 Å². The average molecular weight is 249 g/mol. The predicted octanol–water partition coefficient (Wildman–Crippen LogP) is 1.42. The zero-order valence-electron chi connectivity index (χ0n) is 10.6. The molecule has 1 aromatic heterocycles. The fourth-order valence-electron chi connectivity index (χ4n) is 2.16. The van der Waals surface area contributed by atoms with Crippen LogP contribution < -0.4 is 15.4 Å². The van der Waals surface area contributed by atoms with Crippen LogP contribution in [0, 0.1) is 5.92 Å². The summed E-state index contributed by atoms with van der Waals surface area (Å²) in [6, 6.07) is 3.57. The van der Waals surface area contributed by atoms with Gasteiger partial charge in [-0.05, 0) is 44.0 Å². The van der Waals surface area contributed by atoms with E-state index in [0.29, 0.717) is 23.9 Å². The summed E-state index contributed by atoms with van der Waals surface area (Å²) in [5.41, 5.74) is 0.634. The van der Waals surface area contributed by atoms with Crippen LogP contribution in [0.4, 0.5) is 5.69 Å². The standard InChI is InChI=1S/C13H19N3O2/c1-18-13-11(3-2-7-15-13)16-12(17)5-4-10-6-8-14-9-10/h2-3,7,10,14H,4-6,8-9H2,1H3,(H,16,17). The highest BCUT2D eigenvalue weighted by Crippen LogP contribution is 2.21. The quantitative estimate of drug-likeness (QED) is 0.828. The maximum atomic E-state index is 11.8. The summed E-state index contributed by atoms with van der Waals surface area (Å²) in [7, 11) is 1.54. The number of rotatable bonds is 5. The first-order valence-corrected chi connectivity index (χ1v) is 6.29. The van der Waals surface area contributed by atoms with Crippen molar-refractivity contribution in [3.63, 3.8) is 0 Å². The third kappa shape index (κ3) is 3.43. The molecule has 1 amide bonds. The zero-order chi connectivity index (χ0) is 12.8. The average Bonchev–Trinajstić information content (AvgIpc) is 2.90. The second-order valence-corrected chi connectivity index (χ2v) is 4.51. The minimum Gasteiger partial charge on any atom is -0.480 e. The first-order valence-electron chi connectivity index (χ1n) is 6.29. The van der Waals surface area contributed by atoms with E-state index in [0.717, 1.165) is 19.5 Å². The number of carbonyl (C=O) groups excluding carboxylic acids is 1. The van der Waals surface area contributed by atoms with Crippen LogP contribution in [0.15, 0.2) is 18.3 Å². The van der Waals surface area contributed by atoms with E-state index in [4.69, 9.17) is 4.74 Å². The minimum atomic E-state index is 0.0215. The summed E-state index contributed by atoms with van der Waals surface area (Å²) in [6.07, 6.45) is 4.29. The van der Waals surface area contributed by atoms with Crippen LogP contribution in [-0.4, -0.2) is 31.1 Å². The van der Waals surface area contributed by atoms with Crippen molar-refractivity contribution < 1.29 is 9.53 Å². The van der Waals surface area contributed by atoms with Crippen molar-refractivity contribution in [2.45, 2.75) is 19.3 Å². The minimum absolute atomic E-state index is 0.0215. The van der Waals surface area contributed by atoms with Gasteiger partial charge in [-0.2, -0.15) is 0 Å². The molecule has 2 N–H and O–H groups in total. The molecule has 5 nitrogen and oxygen atoms in total. The number of ether oxygens (including phenoxy) is 1. The van der Waals surface area contributed by atoms with Crippen LogP contribution >= 0.6 is 0 Å². The Morgan fingerprint density at radius 1 is 1.67 bits per heavy atom. The molecule has 18 heavy (non-hydrogen) atoms. The van der Waals surface area contributed by atoms with Gasteiger partial charge < -0.3 is 15.4 Å². The van der Waals surface area contributed by atoms with E-state index < -0.39 is 0 Å². The third-order valence-electron chi connectivity index (χ3n) is 3.18. The van der Waals surface area contributed by atoms with Crippen LogP contribution in [0.5, 0.6) is 5.88 Å². The number of carbonyl (C=O) groups is 1. The Kier molecular flexibility index (Phi) is 4.52. The number of nitrogens with zero attached hydrogens (tertiary/aromatic N) is 1. The van der Waals surface area contributed by atoms with Crippen LogP contribution in [0.1, 0.15) is 19.3 Å². The molecule has 0 bridgehead atoms. The molecule has 0 aliphatic carbocycles. The zero-order valence-corrected chi connectivity index (χ0v) is 10.6. The summed E-state index contributed by atoms with van der Waals surface area (Å²) in [4.78, 5) is 15.9. The van der Waals surface area contributed by atoms with Crippen LogP contribution in [0.3, 0.4) is 0 Å². The molecule has 1 aliphatic heterocycles. The van der Waals surface area contributed by atoms with Gasteiger partial charge in [0.1, 0.15) is 5.69 Å². The molecule has 0 saturated carbocycles. The van der Waals surface area contributed by atoms with Crippen molar-refractivity contribution in [2.75, 3.05) is 25.5 Å². The topological polar surface area (TPSA) is 63.2 Å². The molecule has 1 saturated heterocycles. The Balaban J connectivity index is 1.82. The number of anilines is 1. The largest absolute Gasteiger partial charge is 0.480 e. The molecule has 0 aromatic carbocycles. The number of aromatic nitrogens is 1. The maximum Gasteiger partial charge on any atom is 0.237 e. The molecule has 1 aromatic rings.